The summed E-state index contributed by atoms with van der Waals surface area (Å²) in [7, 11) is 0. The molecule has 1 N–H and O–H groups in total. The molecule has 1 amide bonds. The maximum Gasteiger partial charge on any atom is 0.300 e. The third-order valence-corrected chi connectivity index (χ3v) is 5.53. The van der Waals surface area contributed by atoms with Crippen LogP contribution in [0, 0.1) is 0 Å². The predicted octanol–water partition coefficient (Wildman–Crippen LogP) is 4.70. The predicted molar refractivity (Wildman–Crippen MR) is 115 cm³/mol. The first-order valence-electron chi connectivity index (χ1n) is 9.56. The van der Waals surface area contributed by atoms with E-state index in [1.165, 1.54) is 4.90 Å². The van der Waals surface area contributed by atoms with E-state index in [0.29, 0.717) is 33.3 Å². The molecule has 0 radical (unpaired) electrons. The van der Waals surface area contributed by atoms with Crippen LogP contribution < -0.4 is 14.4 Å². The van der Waals surface area contributed by atoms with Crippen LogP contribution in [-0.4, -0.2) is 23.6 Å². The number of ketones is 1. The van der Waals surface area contributed by atoms with Crippen molar-refractivity contribution in [2.24, 2.45) is 0 Å². The van der Waals surface area contributed by atoms with Crippen LogP contribution in [0.4, 0.5) is 5.69 Å². The normalized spacial score (nSPS) is 19.1. The van der Waals surface area contributed by atoms with Crippen molar-refractivity contribution in [3.8, 4) is 11.5 Å². The molecule has 5 rings (SSSR count). The molecule has 2 aliphatic heterocycles. The summed E-state index contributed by atoms with van der Waals surface area (Å²) in [5.41, 5.74) is 1.50. The minimum atomic E-state index is -0.819. The van der Waals surface area contributed by atoms with Crippen molar-refractivity contribution in [1.82, 2.24) is 0 Å². The fourth-order valence-corrected chi connectivity index (χ4v) is 4.07. The number of hydrogen-bond donors (Lipinski definition) is 1. The first-order valence-corrected chi connectivity index (χ1v) is 9.94. The number of halogens is 1. The summed E-state index contributed by atoms with van der Waals surface area (Å²) in [6, 6.07) is 19.8. The highest BCUT2D eigenvalue weighted by Crippen LogP contribution is 2.44. The van der Waals surface area contributed by atoms with E-state index >= 15 is 0 Å². The van der Waals surface area contributed by atoms with Crippen molar-refractivity contribution in [3.63, 3.8) is 0 Å². The van der Waals surface area contributed by atoms with Gasteiger partial charge in [0.2, 0.25) is 6.79 Å². The topological polar surface area (TPSA) is 76.1 Å². The van der Waals surface area contributed by atoms with Gasteiger partial charge in [-0.05, 0) is 29.8 Å². The number of aliphatic hydroxyl groups excluding tert-OH is 1. The Morgan fingerprint density at radius 2 is 1.71 bits per heavy atom. The lowest BCUT2D eigenvalue weighted by atomic mass is 9.95. The van der Waals surface area contributed by atoms with E-state index in [-0.39, 0.29) is 18.1 Å². The lowest BCUT2D eigenvalue weighted by Gasteiger charge is -2.25. The Morgan fingerprint density at radius 3 is 2.48 bits per heavy atom. The van der Waals surface area contributed by atoms with Gasteiger partial charge in [-0.15, -0.1) is 0 Å². The van der Waals surface area contributed by atoms with Gasteiger partial charge in [-0.2, -0.15) is 0 Å². The molecule has 1 saturated heterocycles. The number of ether oxygens (including phenoxy) is 2. The third-order valence-electron chi connectivity index (χ3n) is 5.29. The average Bonchev–Trinajstić information content (AvgIpc) is 3.36. The van der Waals surface area contributed by atoms with Crippen LogP contribution in [0.3, 0.4) is 0 Å². The summed E-state index contributed by atoms with van der Waals surface area (Å²) in [6.45, 7) is 0.0918. The van der Waals surface area contributed by atoms with Crippen LogP contribution in [0.25, 0.3) is 5.76 Å². The largest absolute Gasteiger partial charge is 0.507 e. The summed E-state index contributed by atoms with van der Waals surface area (Å²) in [5, 5.41) is 11.5. The smallest absolute Gasteiger partial charge is 0.300 e. The molecule has 154 valence electrons. The summed E-state index contributed by atoms with van der Waals surface area (Å²) in [6.07, 6.45) is 0. The molecule has 1 unspecified atom stereocenters. The van der Waals surface area contributed by atoms with Gasteiger partial charge in [0, 0.05) is 22.3 Å². The van der Waals surface area contributed by atoms with Gasteiger partial charge in [-0.3, -0.25) is 14.5 Å². The number of aliphatic hydroxyl groups is 1. The average molecular weight is 434 g/mol. The Hall–Kier alpha value is -3.77. The highest BCUT2D eigenvalue weighted by atomic mass is 35.5. The van der Waals surface area contributed by atoms with Crippen molar-refractivity contribution in [3.05, 3.63) is 94.5 Å². The van der Waals surface area contributed by atoms with Gasteiger partial charge >= 0.3 is 0 Å². The minimum absolute atomic E-state index is 0.00358. The molecule has 0 saturated carbocycles. The van der Waals surface area contributed by atoms with Crippen molar-refractivity contribution in [1.29, 1.82) is 0 Å². The maximum absolute atomic E-state index is 13.1. The molecule has 3 aromatic rings. The van der Waals surface area contributed by atoms with Crippen LogP contribution in [-0.2, 0) is 9.59 Å². The highest BCUT2D eigenvalue weighted by Gasteiger charge is 2.47. The van der Waals surface area contributed by atoms with Crippen LogP contribution in [0.5, 0.6) is 11.5 Å². The van der Waals surface area contributed by atoms with Crippen molar-refractivity contribution < 1.29 is 24.2 Å². The number of rotatable bonds is 3. The standard InChI is InChI=1S/C24H16ClNO5/c25-16-8-4-7-15(11-16)22(27)20-21(14-5-2-1-3-6-14)26(24(29)23(20)28)17-9-10-18-19(12-17)31-13-30-18/h1-12,21,27H,13H2/b22-20+. The number of fused-ring (bicyclic) bond motifs is 1. The number of hydrogen-bond acceptors (Lipinski definition) is 5. The van der Waals surface area contributed by atoms with Crippen molar-refractivity contribution in [2.45, 2.75) is 6.04 Å². The number of carbonyl (C=O) groups is 2. The van der Waals surface area contributed by atoms with Gasteiger partial charge < -0.3 is 14.6 Å². The Kier molecular flexibility index (Phi) is 4.64. The molecule has 6 nitrogen and oxygen atoms in total. The lowest BCUT2D eigenvalue weighted by Crippen LogP contribution is -2.29. The molecule has 0 aliphatic carbocycles. The molecule has 2 heterocycles. The molecule has 1 atom stereocenters. The van der Waals surface area contributed by atoms with Gasteiger partial charge in [0.25, 0.3) is 11.7 Å². The van der Waals surface area contributed by atoms with Crippen LogP contribution >= 0.6 is 11.6 Å². The van der Waals surface area contributed by atoms with E-state index in [9.17, 15) is 14.7 Å². The van der Waals surface area contributed by atoms with Crippen LogP contribution in [0.1, 0.15) is 17.2 Å². The van der Waals surface area contributed by atoms with E-state index in [2.05, 4.69) is 0 Å². The van der Waals surface area contributed by atoms with E-state index in [0.717, 1.165) is 0 Å². The summed E-state index contributed by atoms with van der Waals surface area (Å²) >= 11 is 6.07. The highest BCUT2D eigenvalue weighted by molar-refractivity contribution is 6.51. The van der Waals surface area contributed by atoms with Gasteiger partial charge in [0.1, 0.15) is 5.76 Å². The molecule has 1 fully saturated rings. The van der Waals surface area contributed by atoms with Gasteiger partial charge in [-0.25, -0.2) is 0 Å². The van der Waals surface area contributed by atoms with Gasteiger partial charge in [0.05, 0.1) is 11.6 Å². The SMILES string of the molecule is O=C1C(=O)N(c2ccc3c(c2)OCO3)C(c2ccccc2)/C1=C(\O)c1cccc(Cl)c1. The van der Waals surface area contributed by atoms with E-state index < -0.39 is 17.7 Å². The molecule has 0 spiro atoms. The molecule has 0 bridgehead atoms. The molecule has 31 heavy (non-hydrogen) atoms. The number of amides is 1. The lowest BCUT2D eigenvalue weighted by molar-refractivity contribution is -0.132. The second-order valence-corrected chi connectivity index (χ2v) is 7.56. The Balaban J connectivity index is 1.71. The number of anilines is 1. The fraction of sp³-hybridized carbons (Fsp3) is 0.0833. The fourth-order valence-electron chi connectivity index (χ4n) is 3.88. The molecule has 2 aliphatic rings. The van der Waals surface area contributed by atoms with E-state index in [1.54, 1.807) is 42.5 Å². The first-order chi connectivity index (χ1) is 15.0. The quantitative estimate of drug-likeness (QED) is 0.368. The second kappa shape index (κ2) is 7.49. The van der Waals surface area contributed by atoms with Crippen molar-refractivity contribution in [2.75, 3.05) is 11.7 Å². The van der Waals surface area contributed by atoms with E-state index in [4.69, 9.17) is 21.1 Å². The molecular formula is C24H16ClNO5. The zero-order valence-electron chi connectivity index (χ0n) is 16.1. The molecular weight excluding hydrogens is 418 g/mol. The summed E-state index contributed by atoms with van der Waals surface area (Å²) < 4.78 is 10.8. The first kappa shape index (κ1) is 19.2. The Bertz CT molecular complexity index is 1240. The van der Waals surface area contributed by atoms with Crippen LogP contribution in [0.15, 0.2) is 78.4 Å². The third kappa shape index (κ3) is 3.21. The second-order valence-electron chi connectivity index (χ2n) is 7.13. The summed E-state index contributed by atoms with van der Waals surface area (Å²) in [4.78, 5) is 27.6. The number of Topliss-reactive ketones (excluding diaryl/α,β-unsaturated/α-hetero) is 1. The van der Waals surface area contributed by atoms with Crippen LogP contribution in [0.2, 0.25) is 5.02 Å². The Labute approximate surface area is 182 Å². The maximum atomic E-state index is 13.1. The minimum Gasteiger partial charge on any atom is -0.507 e. The zero-order chi connectivity index (χ0) is 21.5. The Morgan fingerprint density at radius 1 is 0.935 bits per heavy atom. The van der Waals surface area contributed by atoms with Crippen molar-refractivity contribution >= 4 is 34.7 Å². The number of nitrogens with zero attached hydrogens (tertiary/aromatic N) is 1. The number of carbonyl (C=O) groups excluding carboxylic acids is 2. The molecule has 0 aromatic heterocycles. The molecule has 3 aromatic carbocycles. The van der Waals surface area contributed by atoms with E-state index in [1.807, 2.05) is 30.3 Å². The van der Waals surface area contributed by atoms with Gasteiger partial charge in [0.15, 0.2) is 11.5 Å². The number of benzene rings is 3. The van der Waals surface area contributed by atoms with Gasteiger partial charge in [-0.1, -0.05) is 54.1 Å². The molecule has 7 heteroatoms. The zero-order valence-corrected chi connectivity index (χ0v) is 16.9. The summed E-state index contributed by atoms with van der Waals surface area (Å²) in [5.74, 6) is -0.741. The monoisotopic (exact) mass is 433 g/mol.